The van der Waals surface area contributed by atoms with Crippen molar-refractivity contribution in [3.8, 4) is 11.1 Å². The summed E-state index contributed by atoms with van der Waals surface area (Å²) in [6.45, 7) is 1.57. The summed E-state index contributed by atoms with van der Waals surface area (Å²) >= 11 is 0. The minimum absolute atomic E-state index is 0.0317. The predicted molar refractivity (Wildman–Crippen MR) is 103 cm³/mol. The number of carbonyl (C=O) groups excluding carboxylic acids is 2. The van der Waals surface area contributed by atoms with Crippen molar-refractivity contribution < 1.29 is 23.5 Å². The largest absolute Gasteiger partial charge is 0.465 e. The maximum Gasteiger partial charge on any atom is 0.418 e. The molecule has 0 N–H and O–H groups in total. The summed E-state index contributed by atoms with van der Waals surface area (Å²) in [6.07, 6.45) is 1.94. The van der Waals surface area contributed by atoms with Crippen LogP contribution in [0.5, 0.6) is 0 Å². The molecule has 0 saturated carbocycles. The predicted octanol–water partition coefficient (Wildman–Crippen LogP) is 4.05. The lowest BCUT2D eigenvalue weighted by molar-refractivity contribution is -0.141. The summed E-state index contributed by atoms with van der Waals surface area (Å²) < 4.78 is 15.5. The average molecular weight is 380 g/mol. The lowest BCUT2D eigenvalue weighted by Gasteiger charge is -2.18. The van der Waals surface area contributed by atoms with Crippen LogP contribution in [0.15, 0.2) is 71.5 Å². The molecule has 0 bridgehead atoms. The second kappa shape index (κ2) is 9.36. The van der Waals surface area contributed by atoms with E-state index >= 15 is 0 Å². The van der Waals surface area contributed by atoms with Gasteiger partial charge in [-0.3, -0.25) is 4.79 Å². The minimum Gasteiger partial charge on any atom is -0.465 e. The standard InChI is InChI=1S/C21H20N2O5/c1-2-26-19(24)14-23(20-22-12-13-27-20)21(25)28-15-17-10-6-7-11-18(17)16-8-4-3-5-9-16/h3-13H,2,14-15H2,1H3. The van der Waals surface area contributed by atoms with Crippen molar-refractivity contribution in [3.63, 3.8) is 0 Å². The molecule has 3 aromatic rings. The van der Waals surface area contributed by atoms with E-state index in [0.29, 0.717) is 0 Å². The van der Waals surface area contributed by atoms with E-state index in [0.717, 1.165) is 21.6 Å². The second-order valence-electron chi connectivity index (χ2n) is 5.78. The molecule has 0 aliphatic heterocycles. The Kier molecular flexibility index (Phi) is 6.41. The molecule has 1 heterocycles. The van der Waals surface area contributed by atoms with Crippen molar-refractivity contribution in [2.24, 2.45) is 0 Å². The molecule has 3 rings (SSSR count). The summed E-state index contributed by atoms with van der Waals surface area (Å²) in [5.41, 5.74) is 2.82. The zero-order chi connectivity index (χ0) is 19.8. The van der Waals surface area contributed by atoms with E-state index in [2.05, 4.69) is 4.98 Å². The normalized spacial score (nSPS) is 10.3. The molecule has 7 nitrogen and oxygen atoms in total. The first kappa shape index (κ1) is 19.2. The van der Waals surface area contributed by atoms with Gasteiger partial charge in [0.1, 0.15) is 19.4 Å². The van der Waals surface area contributed by atoms with Gasteiger partial charge in [0.25, 0.3) is 0 Å². The Bertz CT molecular complexity index is 910. The third kappa shape index (κ3) is 4.76. The molecule has 0 fully saturated rings. The summed E-state index contributed by atoms with van der Waals surface area (Å²) in [7, 11) is 0. The van der Waals surface area contributed by atoms with Crippen molar-refractivity contribution in [1.82, 2.24) is 4.98 Å². The number of oxazole rings is 1. The Labute approximate surface area is 162 Å². The third-order valence-corrected chi connectivity index (χ3v) is 3.92. The van der Waals surface area contributed by atoms with Crippen LogP contribution < -0.4 is 4.90 Å². The number of benzene rings is 2. The Hall–Kier alpha value is -3.61. The van der Waals surface area contributed by atoms with E-state index in [-0.39, 0.29) is 25.8 Å². The molecule has 28 heavy (non-hydrogen) atoms. The number of rotatable bonds is 7. The highest BCUT2D eigenvalue weighted by molar-refractivity contribution is 5.91. The number of ether oxygens (including phenoxy) is 2. The van der Waals surface area contributed by atoms with Crippen LogP contribution in [0.3, 0.4) is 0 Å². The van der Waals surface area contributed by atoms with Gasteiger partial charge in [0.2, 0.25) is 0 Å². The third-order valence-electron chi connectivity index (χ3n) is 3.92. The Morgan fingerprint density at radius 2 is 1.79 bits per heavy atom. The van der Waals surface area contributed by atoms with Crippen LogP contribution in [0.2, 0.25) is 0 Å². The van der Waals surface area contributed by atoms with Gasteiger partial charge >= 0.3 is 18.1 Å². The van der Waals surface area contributed by atoms with E-state index in [1.165, 1.54) is 12.5 Å². The van der Waals surface area contributed by atoms with E-state index in [4.69, 9.17) is 13.9 Å². The maximum absolute atomic E-state index is 12.6. The van der Waals surface area contributed by atoms with Crippen LogP contribution in [0.1, 0.15) is 12.5 Å². The minimum atomic E-state index is -0.752. The van der Waals surface area contributed by atoms with Crippen LogP contribution in [0.25, 0.3) is 11.1 Å². The summed E-state index contributed by atoms with van der Waals surface area (Å²) in [6, 6.07) is 17.4. The molecule has 1 amide bonds. The molecule has 0 aliphatic carbocycles. The molecule has 0 atom stereocenters. The van der Waals surface area contributed by atoms with Gasteiger partial charge in [0, 0.05) is 0 Å². The lowest BCUT2D eigenvalue weighted by Crippen LogP contribution is -2.37. The molecule has 0 unspecified atom stereocenters. The number of anilines is 1. The van der Waals surface area contributed by atoms with Crippen molar-refractivity contribution in [2.45, 2.75) is 13.5 Å². The Morgan fingerprint density at radius 1 is 1.04 bits per heavy atom. The van der Waals surface area contributed by atoms with Gasteiger partial charge in [-0.25, -0.2) is 14.7 Å². The molecule has 0 spiro atoms. The fourth-order valence-electron chi connectivity index (χ4n) is 2.66. The zero-order valence-corrected chi connectivity index (χ0v) is 15.4. The monoisotopic (exact) mass is 380 g/mol. The van der Waals surface area contributed by atoms with Crippen LogP contribution >= 0.6 is 0 Å². The highest BCUT2D eigenvalue weighted by atomic mass is 16.6. The maximum atomic E-state index is 12.6. The first-order chi connectivity index (χ1) is 13.7. The second-order valence-corrected chi connectivity index (χ2v) is 5.78. The summed E-state index contributed by atoms with van der Waals surface area (Å²) in [5, 5.41) is 0. The van der Waals surface area contributed by atoms with Gasteiger partial charge in [0.15, 0.2) is 0 Å². The number of esters is 1. The molecule has 1 aromatic heterocycles. The van der Waals surface area contributed by atoms with Gasteiger partial charge in [-0.2, -0.15) is 0 Å². The molecular weight excluding hydrogens is 360 g/mol. The first-order valence-electron chi connectivity index (χ1n) is 8.81. The van der Waals surface area contributed by atoms with Gasteiger partial charge < -0.3 is 13.9 Å². The highest BCUT2D eigenvalue weighted by Crippen LogP contribution is 2.24. The van der Waals surface area contributed by atoms with Crippen LogP contribution in [-0.4, -0.2) is 30.2 Å². The molecule has 0 aliphatic rings. The molecule has 2 aromatic carbocycles. The highest BCUT2D eigenvalue weighted by Gasteiger charge is 2.25. The van der Waals surface area contributed by atoms with Crippen molar-refractivity contribution in [1.29, 1.82) is 0 Å². The average Bonchev–Trinajstić information content (AvgIpc) is 3.26. The SMILES string of the molecule is CCOC(=O)CN(C(=O)OCc1ccccc1-c1ccccc1)c1ncco1. The van der Waals surface area contributed by atoms with Crippen molar-refractivity contribution in [3.05, 3.63) is 72.6 Å². The quantitative estimate of drug-likeness (QED) is 0.575. The van der Waals surface area contributed by atoms with Gasteiger partial charge in [-0.05, 0) is 23.6 Å². The Balaban J connectivity index is 1.74. The topological polar surface area (TPSA) is 81.9 Å². The Morgan fingerprint density at radius 3 is 2.50 bits per heavy atom. The van der Waals surface area contributed by atoms with Gasteiger partial charge in [0.05, 0.1) is 12.8 Å². The van der Waals surface area contributed by atoms with E-state index in [1.54, 1.807) is 6.92 Å². The summed E-state index contributed by atoms with van der Waals surface area (Å²) in [5.74, 6) is -0.581. The first-order valence-corrected chi connectivity index (χ1v) is 8.81. The van der Waals surface area contributed by atoms with Crippen LogP contribution in [0, 0.1) is 0 Å². The van der Waals surface area contributed by atoms with Crippen molar-refractivity contribution >= 4 is 18.1 Å². The van der Waals surface area contributed by atoms with Gasteiger partial charge in [-0.15, -0.1) is 0 Å². The number of hydrogen-bond donors (Lipinski definition) is 0. The molecule has 0 saturated heterocycles. The van der Waals surface area contributed by atoms with Gasteiger partial charge in [-0.1, -0.05) is 54.6 Å². The number of carbonyl (C=O) groups is 2. The molecule has 7 heteroatoms. The lowest BCUT2D eigenvalue weighted by atomic mass is 10.0. The van der Waals surface area contributed by atoms with E-state index in [1.807, 2.05) is 54.6 Å². The van der Waals surface area contributed by atoms with E-state index < -0.39 is 12.1 Å². The smallest absolute Gasteiger partial charge is 0.418 e. The molecular formula is C21H20N2O5. The number of amides is 1. The van der Waals surface area contributed by atoms with E-state index in [9.17, 15) is 9.59 Å². The fourth-order valence-corrected chi connectivity index (χ4v) is 2.66. The number of hydrogen-bond acceptors (Lipinski definition) is 6. The fraction of sp³-hybridized carbons (Fsp3) is 0.190. The number of aromatic nitrogens is 1. The van der Waals surface area contributed by atoms with Crippen molar-refractivity contribution in [2.75, 3.05) is 18.1 Å². The van der Waals surface area contributed by atoms with Crippen LogP contribution in [-0.2, 0) is 20.9 Å². The zero-order valence-electron chi connectivity index (χ0n) is 15.4. The molecule has 0 radical (unpaired) electrons. The van der Waals surface area contributed by atoms with Crippen LogP contribution in [0.4, 0.5) is 10.8 Å². The number of nitrogens with zero attached hydrogens (tertiary/aromatic N) is 2. The molecule has 144 valence electrons. The summed E-state index contributed by atoms with van der Waals surface area (Å²) in [4.78, 5) is 29.3.